The Labute approximate surface area is 127 Å². The molecule has 0 radical (unpaired) electrons. The van der Waals surface area contributed by atoms with Gasteiger partial charge in [-0.3, -0.25) is 9.69 Å². The highest BCUT2D eigenvalue weighted by atomic mass is 16.4. The van der Waals surface area contributed by atoms with E-state index in [2.05, 4.69) is 29.2 Å². The van der Waals surface area contributed by atoms with Gasteiger partial charge in [-0.05, 0) is 44.7 Å². The number of carboxylic acid groups (broad SMARTS) is 1. The Kier molecular flexibility index (Phi) is 5.18. The highest BCUT2D eigenvalue weighted by molar-refractivity contribution is 5.74. The smallest absolute Gasteiger partial charge is 0.309 e. The normalized spacial score (nSPS) is 20.8. The zero-order valence-electron chi connectivity index (χ0n) is 13.0. The number of hydrogen-bond donors (Lipinski definition) is 1. The van der Waals surface area contributed by atoms with Crippen LogP contribution in [0.25, 0.3) is 6.08 Å². The van der Waals surface area contributed by atoms with Crippen molar-refractivity contribution in [2.24, 2.45) is 11.3 Å². The third-order valence-electron chi connectivity index (χ3n) is 4.55. The van der Waals surface area contributed by atoms with Crippen LogP contribution in [0.2, 0.25) is 0 Å². The van der Waals surface area contributed by atoms with Crippen LogP contribution in [0.15, 0.2) is 36.4 Å². The van der Waals surface area contributed by atoms with Crippen LogP contribution >= 0.6 is 0 Å². The number of benzene rings is 1. The summed E-state index contributed by atoms with van der Waals surface area (Å²) in [6.45, 7) is 6.53. The first-order valence-electron chi connectivity index (χ1n) is 7.67. The first kappa shape index (κ1) is 15.8. The Morgan fingerprint density at radius 3 is 2.76 bits per heavy atom. The molecule has 1 aliphatic heterocycles. The molecule has 21 heavy (non-hydrogen) atoms. The fraction of sp³-hybridized carbons (Fsp3) is 0.500. The van der Waals surface area contributed by atoms with Crippen LogP contribution in [0.3, 0.4) is 0 Å². The van der Waals surface area contributed by atoms with Gasteiger partial charge in [0.1, 0.15) is 0 Å². The molecule has 0 bridgehead atoms. The Hall–Kier alpha value is -1.61. The highest BCUT2D eigenvalue weighted by Gasteiger charge is 2.38. The lowest BCUT2D eigenvalue weighted by atomic mass is 9.74. The zero-order valence-corrected chi connectivity index (χ0v) is 13.0. The molecular weight excluding hydrogens is 262 g/mol. The fourth-order valence-corrected chi connectivity index (χ4v) is 2.89. The summed E-state index contributed by atoms with van der Waals surface area (Å²) in [7, 11) is 0. The van der Waals surface area contributed by atoms with Crippen molar-refractivity contribution in [1.82, 2.24) is 4.90 Å². The van der Waals surface area contributed by atoms with Crippen LogP contribution in [0, 0.1) is 11.3 Å². The molecule has 2 rings (SSSR count). The average molecular weight is 287 g/mol. The lowest BCUT2D eigenvalue weighted by Gasteiger charge is -2.38. The molecule has 1 aliphatic rings. The molecule has 1 fully saturated rings. The van der Waals surface area contributed by atoms with Crippen LogP contribution in [-0.4, -0.2) is 35.6 Å². The molecule has 0 aromatic heterocycles. The van der Waals surface area contributed by atoms with E-state index in [0.717, 1.165) is 32.5 Å². The second-order valence-corrected chi connectivity index (χ2v) is 6.44. The molecule has 0 amide bonds. The molecule has 3 nitrogen and oxygen atoms in total. The Bertz CT molecular complexity index is 493. The molecule has 3 heteroatoms. The third kappa shape index (κ3) is 4.18. The van der Waals surface area contributed by atoms with E-state index in [9.17, 15) is 9.90 Å². The van der Waals surface area contributed by atoms with Gasteiger partial charge < -0.3 is 5.11 Å². The number of carboxylic acids is 1. The second kappa shape index (κ2) is 6.90. The SMILES string of the molecule is CC(C)(C(=O)O)C1CCCN(C/C=C/c2ccccc2)C1. The van der Waals surface area contributed by atoms with Crippen molar-refractivity contribution < 1.29 is 9.90 Å². The lowest BCUT2D eigenvalue weighted by Crippen LogP contribution is -2.44. The van der Waals surface area contributed by atoms with Crippen molar-refractivity contribution in [2.75, 3.05) is 19.6 Å². The molecule has 1 heterocycles. The van der Waals surface area contributed by atoms with Gasteiger partial charge in [0, 0.05) is 13.1 Å². The molecule has 0 saturated carbocycles. The Morgan fingerprint density at radius 1 is 1.38 bits per heavy atom. The number of aliphatic carboxylic acids is 1. The second-order valence-electron chi connectivity index (χ2n) is 6.44. The molecule has 1 aromatic carbocycles. The predicted molar refractivity (Wildman–Crippen MR) is 86.1 cm³/mol. The number of piperidine rings is 1. The first-order chi connectivity index (χ1) is 10.00. The molecule has 0 spiro atoms. The van der Waals surface area contributed by atoms with Crippen molar-refractivity contribution in [1.29, 1.82) is 0 Å². The van der Waals surface area contributed by atoms with Gasteiger partial charge in [-0.15, -0.1) is 0 Å². The minimum Gasteiger partial charge on any atom is -0.481 e. The van der Waals surface area contributed by atoms with Crippen molar-refractivity contribution in [2.45, 2.75) is 26.7 Å². The summed E-state index contributed by atoms with van der Waals surface area (Å²) in [5.41, 5.74) is 0.568. The standard InChI is InChI=1S/C18H25NO2/c1-18(2,17(20)21)16-11-7-13-19(14-16)12-6-10-15-8-4-3-5-9-15/h3-6,8-10,16H,7,11-14H2,1-2H3,(H,20,21)/b10-6+. The summed E-state index contributed by atoms with van der Waals surface area (Å²) in [6.07, 6.45) is 6.40. The van der Waals surface area contributed by atoms with Crippen LogP contribution in [0.1, 0.15) is 32.3 Å². The van der Waals surface area contributed by atoms with Crippen molar-refractivity contribution in [3.63, 3.8) is 0 Å². The summed E-state index contributed by atoms with van der Waals surface area (Å²) >= 11 is 0. The van der Waals surface area contributed by atoms with Gasteiger partial charge in [0.15, 0.2) is 0 Å². The monoisotopic (exact) mass is 287 g/mol. The van der Waals surface area contributed by atoms with Crippen LogP contribution in [0.4, 0.5) is 0 Å². The molecular formula is C18H25NO2. The summed E-state index contributed by atoms with van der Waals surface area (Å²) in [5, 5.41) is 9.37. The Morgan fingerprint density at radius 2 is 2.10 bits per heavy atom. The topological polar surface area (TPSA) is 40.5 Å². The number of likely N-dealkylation sites (tertiary alicyclic amines) is 1. The third-order valence-corrected chi connectivity index (χ3v) is 4.55. The number of rotatable bonds is 5. The maximum atomic E-state index is 11.4. The van der Waals surface area contributed by atoms with E-state index in [1.807, 2.05) is 32.0 Å². The average Bonchev–Trinajstić information content (AvgIpc) is 2.48. The van der Waals surface area contributed by atoms with Gasteiger partial charge in [-0.1, -0.05) is 42.5 Å². The maximum absolute atomic E-state index is 11.4. The maximum Gasteiger partial charge on any atom is 0.309 e. The fourth-order valence-electron chi connectivity index (χ4n) is 2.89. The van der Waals surface area contributed by atoms with Gasteiger partial charge in [0.2, 0.25) is 0 Å². The molecule has 1 atom stereocenters. The molecule has 1 N–H and O–H groups in total. The van der Waals surface area contributed by atoms with Crippen LogP contribution in [-0.2, 0) is 4.79 Å². The van der Waals surface area contributed by atoms with Crippen molar-refractivity contribution >= 4 is 12.0 Å². The minimum absolute atomic E-state index is 0.230. The predicted octanol–water partition coefficient (Wildman–Crippen LogP) is 3.52. The van der Waals surface area contributed by atoms with Crippen molar-refractivity contribution in [3.8, 4) is 0 Å². The van der Waals surface area contributed by atoms with E-state index in [1.54, 1.807) is 0 Å². The largest absolute Gasteiger partial charge is 0.481 e. The van der Waals surface area contributed by atoms with Gasteiger partial charge in [0.05, 0.1) is 5.41 Å². The van der Waals surface area contributed by atoms with E-state index in [4.69, 9.17) is 0 Å². The van der Waals surface area contributed by atoms with Crippen molar-refractivity contribution in [3.05, 3.63) is 42.0 Å². The first-order valence-corrected chi connectivity index (χ1v) is 7.67. The van der Waals surface area contributed by atoms with Gasteiger partial charge in [0.25, 0.3) is 0 Å². The quantitative estimate of drug-likeness (QED) is 0.900. The van der Waals surface area contributed by atoms with Crippen LogP contribution in [0.5, 0.6) is 0 Å². The van der Waals surface area contributed by atoms with E-state index in [0.29, 0.717) is 0 Å². The van der Waals surface area contributed by atoms with E-state index < -0.39 is 11.4 Å². The lowest BCUT2D eigenvalue weighted by molar-refractivity contribution is -0.151. The number of nitrogens with zero attached hydrogens (tertiary/aromatic N) is 1. The summed E-state index contributed by atoms with van der Waals surface area (Å²) in [4.78, 5) is 13.8. The molecule has 0 aliphatic carbocycles. The molecule has 1 saturated heterocycles. The summed E-state index contributed by atoms with van der Waals surface area (Å²) in [5.74, 6) is -0.456. The van der Waals surface area contributed by atoms with Gasteiger partial charge in [-0.2, -0.15) is 0 Å². The van der Waals surface area contributed by atoms with Gasteiger partial charge >= 0.3 is 5.97 Å². The highest BCUT2D eigenvalue weighted by Crippen LogP contribution is 2.34. The van der Waals surface area contributed by atoms with E-state index in [-0.39, 0.29) is 5.92 Å². The number of hydrogen-bond acceptors (Lipinski definition) is 2. The van der Waals surface area contributed by atoms with E-state index in [1.165, 1.54) is 5.56 Å². The Balaban J connectivity index is 1.90. The van der Waals surface area contributed by atoms with Gasteiger partial charge in [-0.25, -0.2) is 0 Å². The van der Waals surface area contributed by atoms with Crippen LogP contribution < -0.4 is 0 Å². The summed E-state index contributed by atoms with van der Waals surface area (Å²) < 4.78 is 0. The minimum atomic E-state index is -0.686. The molecule has 1 unspecified atom stereocenters. The zero-order chi connectivity index (χ0) is 15.3. The molecule has 114 valence electrons. The number of carbonyl (C=O) groups is 1. The molecule has 1 aromatic rings. The summed E-state index contributed by atoms with van der Waals surface area (Å²) in [6, 6.07) is 10.3. The van der Waals surface area contributed by atoms with E-state index >= 15 is 0 Å².